The number of H-pyrrole nitrogens is 1. The van der Waals surface area contributed by atoms with E-state index in [1.807, 2.05) is 6.92 Å². The number of hydrogen-bond donors (Lipinski definition) is 1. The molecule has 0 saturated heterocycles. The van der Waals surface area contributed by atoms with Crippen molar-refractivity contribution in [2.24, 2.45) is 0 Å². The van der Waals surface area contributed by atoms with Crippen molar-refractivity contribution in [3.8, 4) is 0 Å². The van der Waals surface area contributed by atoms with Gasteiger partial charge >= 0.3 is 6.18 Å². The molecule has 1 aromatic heterocycles. The van der Waals surface area contributed by atoms with Gasteiger partial charge in [-0.3, -0.25) is 4.79 Å². The standard InChI is InChI=1S/C15H14F3NOS/c1-3-5-11(20)12-8(2)9-6-4-7-10(15(16,17)18)13(9)19-14(12)21/h4,6-7H,3,5H2,1-2H3,(H,19,21). The highest BCUT2D eigenvalue weighted by molar-refractivity contribution is 7.71. The van der Waals surface area contributed by atoms with Crippen molar-refractivity contribution in [1.29, 1.82) is 0 Å². The van der Waals surface area contributed by atoms with Crippen LogP contribution in [0, 0.1) is 11.6 Å². The summed E-state index contributed by atoms with van der Waals surface area (Å²) in [6.45, 7) is 3.50. The number of fused-ring (bicyclic) bond motifs is 1. The summed E-state index contributed by atoms with van der Waals surface area (Å²) in [6, 6.07) is 3.90. The van der Waals surface area contributed by atoms with Crippen molar-refractivity contribution in [2.75, 3.05) is 0 Å². The summed E-state index contributed by atoms with van der Waals surface area (Å²) in [5.41, 5.74) is -0.0267. The Labute approximate surface area is 125 Å². The topological polar surface area (TPSA) is 32.9 Å². The van der Waals surface area contributed by atoms with Gasteiger partial charge in [0.15, 0.2) is 5.78 Å². The van der Waals surface area contributed by atoms with Crippen LogP contribution in [0.5, 0.6) is 0 Å². The van der Waals surface area contributed by atoms with Crippen LogP contribution in [0.25, 0.3) is 10.9 Å². The molecule has 2 rings (SSSR count). The first-order valence-corrected chi connectivity index (χ1v) is 6.94. The van der Waals surface area contributed by atoms with Crippen molar-refractivity contribution < 1.29 is 18.0 Å². The molecule has 0 amide bonds. The monoisotopic (exact) mass is 313 g/mol. The van der Waals surface area contributed by atoms with Crippen LogP contribution in [0.3, 0.4) is 0 Å². The lowest BCUT2D eigenvalue weighted by atomic mass is 9.98. The van der Waals surface area contributed by atoms with Crippen LogP contribution < -0.4 is 0 Å². The molecule has 0 unspecified atom stereocenters. The zero-order valence-electron chi connectivity index (χ0n) is 11.6. The van der Waals surface area contributed by atoms with Crippen molar-refractivity contribution in [1.82, 2.24) is 4.98 Å². The lowest BCUT2D eigenvalue weighted by Gasteiger charge is -2.14. The Hall–Kier alpha value is -1.69. The number of nitrogens with one attached hydrogen (secondary N) is 1. The summed E-state index contributed by atoms with van der Waals surface area (Å²) >= 11 is 5.10. The molecule has 1 N–H and O–H groups in total. The Kier molecular flexibility index (Phi) is 4.18. The number of Topliss-reactive ketones (excluding diaryl/α,β-unsaturated/α-hetero) is 1. The fourth-order valence-corrected chi connectivity index (χ4v) is 2.77. The molecule has 0 bridgehead atoms. The second kappa shape index (κ2) is 5.60. The molecular weight excluding hydrogens is 299 g/mol. The molecule has 0 aliphatic carbocycles. The molecule has 0 atom stereocenters. The highest BCUT2D eigenvalue weighted by atomic mass is 32.1. The van der Waals surface area contributed by atoms with E-state index >= 15 is 0 Å². The molecule has 1 heterocycles. The summed E-state index contributed by atoms with van der Waals surface area (Å²) in [5, 5.41) is 0.373. The summed E-state index contributed by atoms with van der Waals surface area (Å²) in [6.07, 6.45) is -3.49. The lowest BCUT2D eigenvalue weighted by molar-refractivity contribution is -0.136. The molecule has 21 heavy (non-hydrogen) atoms. The molecule has 0 radical (unpaired) electrons. The number of aryl methyl sites for hydroxylation is 1. The average molecular weight is 313 g/mol. The van der Waals surface area contributed by atoms with Gasteiger partial charge in [-0.05, 0) is 25.0 Å². The minimum Gasteiger partial charge on any atom is -0.345 e. The number of hydrogen-bond acceptors (Lipinski definition) is 2. The summed E-state index contributed by atoms with van der Waals surface area (Å²) in [7, 11) is 0. The van der Waals surface area contributed by atoms with Crippen molar-refractivity contribution in [3.63, 3.8) is 0 Å². The lowest BCUT2D eigenvalue weighted by Crippen LogP contribution is -2.09. The molecular formula is C15H14F3NOS. The molecule has 0 spiro atoms. The second-order valence-corrected chi connectivity index (χ2v) is 5.26. The van der Waals surface area contributed by atoms with Crippen LogP contribution in [0.2, 0.25) is 0 Å². The minimum atomic E-state index is -4.47. The summed E-state index contributed by atoms with van der Waals surface area (Å²) in [4.78, 5) is 14.7. The van der Waals surface area contributed by atoms with Gasteiger partial charge in [0, 0.05) is 11.8 Å². The van der Waals surface area contributed by atoms with Gasteiger partial charge in [-0.2, -0.15) is 13.2 Å². The quantitative estimate of drug-likeness (QED) is 0.623. The van der Waals surface area contributed by atoms with Crippen LogP contribution >= 0.6 is 12.2 Å². The molecule has 0 aliphatic heterocycles. The highest BCUT2D eigenvalue weighted by Gasteiger charge is 2.33. The smallest absolute Gasteiger partial charge is 0.345 e. The van der Waals surface area contributed by atoms with Gasteiger partial charge in [0.25, 0.3) is 0 Å². The van der Waals surface area contributed by atoms with Gasteiger partial charge in [-0.15, -0.1) is 0 Å². The molecule has 0 saturated carbocycles. The highest BCUT2D eigenvalue weighted by Crippen LogP contribution is 2.35. The molecule has 0 fully saturated rings. The Balaban J connectivity index is 2.81. The second-order valence-electron chi connectivity index (χ2n) is 4.85. The molecule has 1 aromatic carbocycles. The Bertz CT molecular complexity index is 762. The summed E-state index contributed by atoms with van der Waals surface area (Å²) in [5.74, 6) is -0.143. The Morgan fingerprint density at radius 2 is 2.00 bits per heavy atom. The maximum absolute atomic E-state index is 13.0. The first-order valence-electron chi connectivity index (χ1n) is 6.53. The minimum absolute atomic E-state index is 0.0650. The van der Waals surface area contributed by atoms with Gasteiger partial charge in [-0.25, -0.2) is 0 Å². The van der Waals surface area contributed by atoms with Crippen molar-refractivity contribution in [2.45, 2.75) is 32.9 Å². The largest absolute Gasteiger partial charge is 0.418 e. The number of carbonyl (C=O) groups excluding carboxylic acids is 1. The van der Waals surface area contributed by atoms with E-state index in [2.05, 4.69) is 4.98 Å². The molecule has 0 aliphatic rings. The van der Waals surface area contributed by atoms with Gasteiger partial charge in [0.2, 0.25) is 0 Å². The third kappa shape index (κ3) is 2.85. The number of carbonyl (C=O) groups is 1. The van der Waals surface area contributed by atoms with Gasteiger partial charge in [-0.1, -0.05) is 31.3 Å². The Morgan fingerprint density at radius 3 is 2.57 bits per heavy atom. The van der Waals surface area contributed by atoms with Crippen LogP contribution in [0.4, 0.5) is 13.2 Å². The van der Waals surface area contributed by atoms with Crippen LogP contribution in [-0.4, -0.2) is 10.8 Å². The van der Waals surface area contributed by atoms with E-state index in [1.165, 1.54) is 6.07 Å². The average Bonchev–Trinajstić information content (AvgIpc) is 2.37. The fourth-order valence-electron chi connectivity index (χ4n) is 2.40. The fraction of sp³-hybridized carbons (Fsp3) is 0.333. The van der Waals surface area contributed by atoms with Gasteiger partial charge in [0.1, 0.15) is 4.64 Å². The van der Waals surface area contributed by atoms with E-state index in [4.69, 9.17) is 12.2 Å². The molecule has 2 aromatic rings. The number of aromatic nitrogens is 1. The van der Waals surface area contributed by atoms with E-state index in [0.29, 0.717) is 29.4 Å². The van der Waals surface area contributed by atoms with Crippen molar-refractivity contribution in [3.05, 3.63) is 39.5 Å². The number of aromatic amines is 1. The number of ketones is 1. The SMILES string of the molecule is CCCC(=O)c1c(C)c2cccc(C(F)(F)F)c2[nH]c1=S. The predicted octanol–water partition coefficient (Wildman–Crippen LogP) is 5.21. The maximum atomic E-state index is 13.0. The van der Waals surface area contributed by atoms with Crippen molar-refractivity contribution >= 4 is 28.9 Å². The van der Waals surface area contributed by atoms with E-state index in [1.54, 1.807) is 13.0 Å². The van der Waals surface area contributed by atoms with Crippen LogP contribution in [0.15, 0.2) is 18.2 Å². The predicted molar refractivity (Wildman–Crippen MR) is 78.1 cm³/mol. The third-order valence-electron chi connectivity index (χ3n) is 3.37. The van der Waals surface area contributed by atoms with Crippen LogP contribution in [-0.2, 0) is 6.18 Å². The number of benzene rings is 1. The molecule has 112 valence electrons. The van der Waals surface area contributed by atoms with E-state index in [0.717, 1.165) is 6.07 Å². The first-order chi connectivity index (χ1) is 9.77. The number of alkyl halides is 3. The maximum Gasteiger partial charge on any atom is 0.418 e. The normalized spacial score (nSPS) is 11.9. The van der Waals surface area contributed by atoms with Gasteiger partial charge < -0.3 is 4.98 Å². The van der Waals surface area contributed by atoms with Gasteiger partial charge in [0.05, 0.1) is 16.6 Å². The number of para-hydroxylation sites is 1. The number of pyridine rings is 1. The molecule has 2 nitrogen and oxygen atoms in total. The van der Waals surface area contributed by atoms with E-state index in [-0.39, 0.29) is 15.9 Å². The molecule has 6 heteroatoms. The van der Waals surface area contributed by atoms with Crippen LogP contribution in [0.1, 0.15) is 41.3 Å². The number of halogens is 3. The zero-order chi connectivity index (χ0) is 15.8. The Morgan fingerprint density at radius 1 is 1.33 bits per heavy atom. The third-order valence-corrected chi connectivity index (χ3v) is 3.68. The zero-order valence-corrected chi connectivity index (χ0v) is 12.4. The van der Waals surface area contributed by atoms with E-state index in [9.17, 15) is 18.0 Å². The number of rotatable bonds is 3. The first kappa shape index (κ1) is 15.7. The summed E-state index contributed by atoms with van der Waals surface area (Å²) < 4.78 is 39.2. The van der Waals surface area contributed by atoms with E-state index < -0.39 is 11.7 Å².